The lowest BCUT2D eigenvalue weighted by Gasteiger charge is -2.22. The largest absolute Gasteiger partial charge is 0.496 e. The Labute approximate surface area is 188 Å². The molecule has 0 N–H and O–H groups in total. The third-order valence-corrected chi connectivity index (χ3v) is 5.37. The number of hydrogen-bond acceptors (Lipinski definition) is 4. The Morgan fingerprint density at radius 1 is 0.938 bits per heavy atom. The monoisotopic (exact) mass is 428 g/mol. The van der Waals surface area contributed by atoms with E-state index in [2.05, 4.69) is 13.8 Å². The second-order valence-electron chi connectivity index (χ2n) is 7.68. The highest BCUT2D eigenvalue weighted by molar-refractivity contribution is 5.94. The Morgan fingerprint density at radius 2 is 1.62 bits per heavy atom. The van der Waals surface area contributed by atoms with Gasteiger partial charge in [0.05, 0.1) is 18.5 Å². The van der Waals surface area contributed by atoms with Gasteiger partial charge in [0.1, 0.15) is 11.4 Å². The quantitative estimate of drug-likeness (QED) is 0.380. The summed E-state index contributed by atoms with van der Waals surface area (Å²) in [5.41, 5.74) is 4.41. The Morgan fingerprint density at radius 3 is 2.31 bits per heavy atom. The predicted octanol–water partition coefficient (Wildman–Crippen LogP) is 5.33. The molecule has 164 valence electrons. The van der Waals surface area contributed by atoms with Gasteiger partial charge in [-0.1, -0.05) is 56.3 Å². The van der Waals surface area contributed by atoms with Crippen molar-refractivity contribution >= 4 is 11.6 Å². The summed E-state index contributed by atoms with van der Waals surface area (Å²) in [5, 5.41) is 4.76. The molecule has 0 aliphatic rings. The van der Waals surface area contributed by atoms with Crippen molar-refractivity contribution in [2.45, 2.75) is 26.7 Å². The van der Waals surface area contributed by atoms with Gasteiger partial charge in [-0.2, -0.15) is 5.10 Å². The van der Waals surface area contributed by atoms with Crippen LogP contribution in [0.4, 0.5) is 0 Å². The van der Waals surface area contributed by atoms with Crippen LogP contribution in [0.5, 0.6) is 5.75 Å². The van der Waals surface area contributed by atoms with E-state index in [1.165, 1.54) is 0 Å². The van der Waals surface area contributed by atoms with E-state index in [1.54, 1.807) is 11.6 Å². The molecule has 0 radical (unpaired) electrons. The van der Waals surface area contributed by atoms with Gasteiger partial charge in [-0.3, -0.25) is 4.79 Å². The third kappa shape index (κ3) is 4.21. The van der Waals surface area contributed by atoms with Crippen LogP contribution in [-0.4, -0.2) is 45.6 Å². The molecule has 0 bridgehead atoms. The minimum Gasteiger partial charge on any atom is -0.496 e. The van der Waals surface area contributed by atoms with E-state index in [0.717, 1.165) is 29.7 Å². The fraction of sp³-hybridized carbons (Fsp3) is 0.269. The Hall–Kier alpha value is -3.67. The van der Waals surface area contributed by atoms with Gasteiger partial charge < -0.3 is 9.64 Å². The zero-order valence-electron chi connectivity index (χ0n) is 18.8. The van der Waals surface area contributed by atoms with E-state index >= 15 is 0 Å². The molecule has 6 nitrogen and oxygen atoms in total. The Bertz CT molecular complexity index is 1210. The van der Waals surface area contributed by atoms with E-state index in [0.29, 0.717) is 35.9 Å². The first-order valence-electron chi connectivity index (χ1n) is 11.0. The number of aromatic nitrogens is 3. The summed E-state index contributed by atoms with van der Waals surface area (Å²) in [4.78, 5) is 20.4. The molecule has 0 aliphatic heterocycles. The molecule has 6 heteroatoms. The smallest absolute Gasteiger partial charge is 0.272 e. The SMILES string of the molecule is CCCN(CCC)C(=O)c1cc(-c2ccccc2OC)nc2cc(-c3ccccc3)nn12. The lowest BCUT2D eigenvalue weighted by atomic mass is 10.1. The molecule has 2 aromatic heterocycles. The molecule has 0 fully saturated rings. The maximum absolute atomic E-state index is 13.6. The van der Waals surface area contributed by atoms with Crippen LogP contribution in [0.15, 0.2) is 66.7 Å². The fourth-order valence-electron chi connectivity index (χ4n) is 3.89. The van der Waals surface area contributed by atoms with E-state index in [1.807, 2.05) is 71.6 Å². The van der Waals surface area contributed by atoms with Gasteiger partial charge in [0, 0.05) is 30.3 Å². The molecule has 1 amide bonds. The number of hydrogen-bond donors (Lipinski definition) is 0. The van der Waals surface area contributed by atoms with Crippen LogP contribution in [0.1, 0.15) is 37.2 Å². The zero-order chi connectivity index (χ0) is 22.5. The van der Waals surface area contributed by atoms with Gasteiger partial charge in [-0.25, -0.2) is 9.50 Å². The van der Waals surface area contributed by atoms with Gasteiger partial charge in [0.15, 0.2) is 5.65 Å². The summed E-state index contributed by atoms with van der Waals surface area (Å²) in [5.74, 6) is 0.671. The fourth-order valence-corrected chi connectivity index (χ4v) is 3.89. The number of rotatable bonds is 8. The number of carbonyl (C=O) groups is 1. The van der Waals surface area contributed by atoms with Gasteiger partial charge in [0.2, 0.25) is 0 Å². The molecule has 2 heterocycles. The maximum atomic E-state index is 13.6. The van der Waals surface area contributed by atoms with Crippen molar-refractivity contribution in [3.05, 3.63) is 72.4 Å². The molecule has 0 unspecified atom stereocenters. The van der Waals surface area contributed by atoms with Crippen LogP contribution in [0, 0.1) is 0 Å². The molecule has 0 saturated heterocycles. The summed E-state index contributed by atoms with van der Waals surface area (Å²) in [6.45, 7) is 5.57. The molecule has 2 aromatic carbocycles. The van der Waals surface area contributed by atoms with E-state index in [-0.39, 0.29) is 5.91 Å². The average Bonchev–Trinajstić information content (AvgIpc) is 3.27. The number of para-hydroxylation sites is 1. The number of ether oxygens (including phenoxy) is 1. The number of benzene rings is 2. The minimum absolute atomic E-state index is 0.0417. The van der Waals surface area contributed by atoms with E-state index < -0.39 is 0 Å². The first-order valence-corrected chi connectivity index (χ1v) is 11.0. The van der Waals surface area contributed by atoms with E-state index in [4.69, 9.17) is 14.8 Å². The molecular formula is C26H28N4O2. The molecule has 0 saturated carbocycles. The van der Waals surface area contributed by atoms with Crippen LogP contribution < -0.4 is 4.74 Å². The number of amides is 1. The molecule has 4 aromatic rings. The molecule has 32 heavy (non-hydrogen) atoms. The van der Waals surface area contributed by atoms with Gasteiger partial charge >= 0.3 is 0 Å². The Balaban J connectivity index is 1.92. The van der Waals surface area contributed by atoms with Crippen molar-refractivity contribution in [1.29, 1.82) is 0 Å². The second kappa shape index (κ2) is 9.64. The second-order valence-corrected chi connectivity index (χ2v) is 7.68. The number of nitrogens with zero attached hydrogens (tertiary/aromatic N) is 4. The third-order valence-electron chi connectivity index (χ3n) is 5.37. The molecule has 0 atom stereocenters. The summed E-state index contributed by atoms with van der Waals surface area (Å²) in [6.07, 6.45) is 1.79. The highest BCUT2D eigenvalue weighted by atomic mass is 16.5. The molecular weight excluding hydrogens is 400 g/mol. The lowest BCUT2D eigenvalue weighted by Crippen LogP contribution is -2.34. The van der Waals surface area contributed by atoms with E-state index in [9.17, 15) is 4.79 Å². The average molecular weight is 429 g/mol. The van der Waals surface area contributed by atoms with Crippen LogP contribution in [-0.2, 0) is 0 Å². The molecule has 0 aliphatic carbocycles. The topological polar surface area (TPSA) is 59.7 Å². The standard InChI is InChI=1S/C26H28N4O2/c1-4-15-29(16-5-2)26(31)23-17-22(20-13-9-10-14-24(20)32-3)27-25-18-21(28-30(23)25)19-11-7-6-8-12-19/h6-14,17-18H,4-5,15-16H2,1-3H3. The zero-order valence-corrected chi connectivity index (χ0v) is 18.8. The van der Waals surface area contributed by atoms with Crippen molar-refractivity contribution < 1.29 is 9.53 Å². The van der Waals surface area contributed by atoms with Crippen molar-refractivity contribution in [1.82, 2.24) is 19.5 Å². The van der Waals surface area contributed by atoms with Crippen molar-refractivity contribution in [3.8, 4) is 28.3 Å². The summed E-state index contributed by atoms with van der Waals surface area (Å²) in [7, 11) is 1.64. The van der Waals surface area contributed by atoms with Gasteiger partial charge in [0.25, 0.3) is 5.91 Å². The van der Waals surface area contributed by atoms with Crippen molar-refractivity contribution in [3.63, 3.8) is 0 Å². The normalized spacial score (nSPS) is 11.0. The summed E-state index contributed by atoms with van der Waals surface area (Å²) in [6, 6.07) is 21.4. The van der Waals surface area contributed by atoms with Crippen molar-refractivity contribution in [2.24, 2.45) is 0 Å². The maximum Gasteiger partial charge on any atom is 0.272 e. The molecule has 0 spiro atoms. The number of methoxy groups -OCH3 is 1. The highest BCUT2D eigenvalue weighted by Gasteiger charge is 2.22. The minimum atomic E-state index is -0.0417. The Kier molecular flexibility index (Phi) is 6.50. The summed E-state index contributed by atoms with van der Waals surface area (Å²) >= 11 is 0. The number of fused-ring (bicyclic) bond motifs is 1. The van der Waals surface area contributed by atoms with Crippen LogP contribution in [0.25, 0.3) is 28.2 Å². The van der Waals surface area contributed by atoms with Crippen LogP contribution >= 0.6 is 0 Å². The first-order chi connectivity index (χ1) is 15.7. The lowest BCUT2D eigenvalue weighted by molar-refractivity contribution is 0.0746. The van der Waals surface area contributed by atoms with Crippen LogP contribution in [0.2, 0.25) is 0 Å². The summed E-state index contributed by atoms with van der Waals surface area (Å²) < 4.78 is 7.22. The number of carbonyl (C=O) groups excluding carboxylic acids is 1. The molecule has 4 rings (SSSR count). The van der Waals surface area contributed by atoms with Crippen LogP contribution in [0.3, 0.4) is 0 Å². The predicted molar refractivity (Wildman–Crippen MR) is 127 cm³/mol. The van der Waals surface area contributed by atoms with Gasteiger partial charge in [-0.05, 0) is 31.0 Å². The highest BCUT2D eigenvalue weighted by Crippen LogP contribution is 2.30. The van der Waals surface area contributed by atoms with Crippen molar-refractivity contribution in [2.75, 3.05) is 20.2 Å². The van der Waals surface area contributed by atoms with Gasteiger partial charge in [-0.15, -0.1) is 0 Å². The first kappa shape index (κ1) is 21.6.